The summed E-state index contributed by atoms with van der Waals surface area (Å²) in [7, 11) is 0. The lowest BCUT2D eigenvalue weighted by molar-refractivity contribution is 0.291. The van der Waals surface area contributed by atoms with Crippen LogP contribution in [0.3, 0.4) is 0 Å². The zero-order valence-electron chi connectivity index (χ0n) is 8.74. The molecule has 0 atom stereocenters. The molecule has 1 aliphatic heterocycles. The number of nitrogens with one attached hydrogen (secondary N) is 1. The minimum absolute atomic E-state index is 0.216. The fraction of sp³-hybridized carbons (Fsp3) is 0.417. The molecular formula is C12H16N2O. The highest BCUT2D eigenvalue weighted by atomic mass is 16.3. The van der Waals surface area contributed by atoms with E-state index in [2.05, 4.69) is 28.5 Å². The van der Waals surface area contributed by atoms with E-state index in [1.807, 2.05) is 6.07 Å². The summed E-state index contributed by atoms with van der Waals surface area (Å²) >= 11 is 0. The lowest BCUT2D eigenvalue weighted by Gasteiger charge is -2.19. The zero-order valence-corrected chi connectivity index (χ0v) is 8.74. The van der Waals surface area contributed by atoms with Crippen molar-refractivity contribution in [3.63, 3.8) is 0 Å². The standard InChI is InChI=1S/C12H16N2O/c15-9-3-8-13-12-7-6-10-4-1-2-5-11(10)14-12/h1-2,4-5,15H,3,6-9H2,(H,13,14). The number of hydrogen-bond donors (Lipinski definition) is 2. The molecule has 0 unspecified atom stereocenters. The van der Waals surface area contributed by atoms with Crippen molar-refractivity contribution in [1.82, 2.24) is 0 Å². The smallest absolute Gasteiger partial charge is 0.101 e. The van der Waals surface area contributed by atoms with Gasteiger partial charge in [0.2, 0.25) is 0 Å². The van der Waals surface area contributed by atoms with Crippen LogP contribution in [0.4, 0.5) is 5.69 Å². The molecule has 0 amide bonds. The number of fused-ring (bicyclic) bond motifs is 1. The largest absolute Gasteiger partial charge is 0.396 e. The van der Waals surface area contributed by atoms with E-state index in [4.69, 9.17) is 5.11 Å². The molecule has 0 aromatic heterocycles. The SMILES string of the molecule is OCCCN=C1CCc2ccccc2N1. The number of para-hydroxylation sites is 1. The Morgan fingerprint density at radius 1 is 1.27 bits per heavy atom. The number of rotatable bonds is 3. The van der Waals surface area contributed by atoms with Crippen LogP contribution in [0.2, 0.25) is 0 Å². The number of benzene rings is 1. The molecule has 15 heavy (non-hydrogen) atoms. The third-order valence-corrected chi connectivity index (χ3v) is 2.55. The van der Waals surface area contributed by atoms with E-state index in [1.165, 1.54) is 11.3 Å². The number of aryl methyl sites for hydroxylation is 1. The third-order valence-electron chi connectivity index (χ3n) is 2.55. The Bertz CT molecular complexity index is 360. The van der Waals surface area contributed by atoms with E-state index in [0.29, 0.717) is 6.54 Å². The minimum Gasteiger partial charge on any atom is -0.396 e. The number of aliphatic hydroxyl groups is 1. The number of amidine groups is 1. The van der Waals surface area contributed by atoms with Crippen LogP contribution in [0.1, 0.15) is 18.4 Å². The van der Waals surface area contributed by atoms with E-state index < -0.39 is 0 Å². The summed E-state index contributed by atoms with van der Waals surface area (Å²) < 4.78 is 0. The van der Waals surface area contributed by atoms with Crippen LogP contribution >= 0.6 is 0 Å². The van der Waals surface area contributed by atoms with Gasteiger partial charge >= 0.3 is 0 Å². The van der Waals surface area contributed by atoms with Gasteiger partial charge < -0.3 is 10.4 Å². The molecule has 1 aliphatic rings. The van der Waals surface area contributed by atoms with E-state index in [0.717, 1.165) is 25.1 Å². The van der Waals surface area contributed by atoms with Gasteiger partial charge in [-0.3, -0.25) is 4.99 Å². The topological polar surface area (TPSA) is 44.6 Å². The lowest BCUT2D eigenvalue weighted by Crippen LogP contribution is -2.19. The van der Waals surface area contributed by atoms with Crippen molar-refractivity contribution in [2.75, 3.05) is 18.5 Å². The van der Waals surface area contributed by atoms with E-state index in [1.54, 1.807) is 0 Å². The molecule has 2 N–H and O–H groups in total. The van der Waals surface area contributed by atoms with Crippen LogP contribution in [0, 0.1) is 0 Å². The van der Waals surface area contributed by atoms with Crippen LogP contribution in [-0.4, -0.2) is 24.1 Å². The van der Waals surface area contributed by atoms with E-state index in [9.17, 15) is 0 Å². The number of anilines is 1. The number of hydrogen-bond acceptors (Lipinski definition) is 2. The van der Waals surface area contributed by atoms with Crippen molar-refractivity contribution < 1.29 is 5.11 Å². The van der Waals surface area contributed by atoms with Crippen molar-refractivity contribution in [2.45, 2.75) is 19.3 Å². The average molecular weight is 204 g/mol. The Balaban J connectivity index is 2.02. The third kappa shape index (κ3) is 2.57. The molecule has 80 valence electrons. The van der Waals surface area contributed by atoms with Crippen molar-refractivity contribution in [1.29, 1.82) is 0 Å². The van der Waals surface area contributed by atoms with Gasteiger partial charge in [0, 0.05) is 25.3 Å². The molecule has 0 saturated heterocycles. The summed E-state index contributed by atoms with van der Waals surface area (Å²) in [5, 5.41) is 12.0. The summed E-state index contributed by atoms with van der Waals surface area (Å²) in [5.41, 5.74) is 2.53. The van der Waals surface area contributed by atoms with Gasteiger partial charge in [0.05, 0.1) is 0 Å². The van der Waals surface area contributed by atoms with Gasteiger partial charge in [-0.15, -0.1) is 0 Å². The monoisotopic (exact) mass is 204 g/mol. The minimum atomic E-state index is 0.216. The first-order valence-corrected chi connectivity index (χ1v) is 5.39. The zero-order chi connectivity index (χ0) is 10.5. The second-order valence-electron chi connectivity index (χ2n) is 3.69. The maximum absolute atomic E-state index is 8.66. The molecule has 0 fully saturated rings. The normalized spacial score (nSPS) is 17.3. The Hall–Kier alpha value is -1.35. The maximum Gasteiger partial charge on any atom is 0.101 e. The van der Waals surface area contributed by atoms with Crippen LogP contribution in [0.25, 0.3) is 0 Å². The predicted octanol–water partition coefficient (Wildman–Crippen LogP) is 1.83. The van der Waals surface area contributed by atoms with Gasteiger partial charge in [-0.1, -0.05) is 18.2 Å². The van der Waals surface area contributed by atoms with Crippen LogP contribution in [0.15, 0.2) is 29.3 Å². The Morgan fingerprint density at radius 2 is 2.13 bits per heavy atom. The highest BCUT2D eigenvalue weighted by molar-refractivity contribution is 5.98. The molecule has 0 aliphatic carbocycles. The fourth-order valence-electron chi connectivity index (χ4n) is 1.73. The predicted molar refractivity (Wildman–Crippen MR) is 62.4 cm³/mol. The highest BCUT2D eigenvalue weighted by Crippen LogP contribution is 2.21. The number of aliphatic imine (C=N–C) groups is 1. The second-order valence-corrected chi connectivity index (χ2v) is 3.69. The van der Waals surface area contributed by atoms with E-state index in [-0.39, 0.29) is 6.61 Å². The van der Waals surface area contributed by atoms with Gasteiger partial charge in [0.1, 0.15) is 5.84 Å². The number of nitrogens with zero attached hydrogens (tertiary/aromatic N) is 1. The molecule has 0 spiro atoms. The Morgan fingerprint density at radius 3 is 3.00 bits per heavy atom. The molecule has 0 radical (unpaired) electrons. The van der Waals surface area contributed by atoms with Gasteiger partial charge in [-0.05, 0) is 24.5 Å². The first-order valence-electron chi connectivity index (χ1n) is 5.39. The van der Waals surface area contributed by atoms with Crippen LogP contribution in [0.5, 0.6) is 0 Å². The lowest BCUT2D eigenvalue weighted by atomic mass is 10.0. The maximum atomic E-state index is 8.66. The summed E-state index contributed by atoms with van der Waals surface area (Å²) in [6, 6.07) is 8.32. The molecule has 3 heteroatoms. The summed E-state index contributed by atoms with van der Waals surface area (Å²) in [6.45, 7) is 0.925. The van der Waals surface area contributed by atoms with Crippen molar-refractivity contribution in [2.24, 2.45) is 4.99 Å². The van der Waals surface area contributed by atoms with Gasteiger partial charge in [0.25, 0.3) is 0 Å². The molecule has 1 aromatic carbocycles. The Kier molecular flexibility index (Phi) is 3.35. The Labute approximate surface area is 89.9 Å². The molecule has 0 bridgehead atoms. The summed E-state index contributed by atoms with van der Waals surface area (Å²) in [4.78, 5) is 4.42. The highest BCUT2D eigenvalue weighted by Gasteiger charge is 2.11. The van der Waals surface area contributed by atoms with Crippen LogP contribution < -0.4 is 5.32 Å². The molecule has 2 rings (SSSR count). The van der Waals surface area contributed by atoms with Crippen molar-refractivity contribution in [3.05, 3.63) is 29.8 Å². The fourth-order valence-corrected chi connectivity index (χ4v) is 1.73. The first-order chi connectivity index (χ1) is 7.40. The summed E-state index contributed by atoms with van der Waals surface area (Å²) in [6.07, 6.45) is 2.77. The van der Waals surface area contributed by atoms with Crippen molar-refractivity contribution >= 4 is 11.5 Å². The van der Waals surface area contributed by atoms with Gasteiger partial charge in [-0.25, -0.2) is 0 Å². The van der Waals surface area contributed by atoms with Gasteiger partial charge in [-0.2, -0.15) is 0 Å². The molecule has 1 heterocycles. The van der Waals surface area contributed by atoms with E-state index >= 15 is 0 Å². The van der Waals surface area contributed by atoms with Crippen molar-refractivity contribution in [3.8, 4) is 0 Å². The number of aliphatic hydroxyl groups excluding tert-OH is 1. The molecular weight excluding hydrogens is 188 g/mol. The first kappa shape index (κ1) is 10.2. The average Bonchev–Trinajstić information content (AvgIpc) is 2.29. The second kappa shape index (κ2) is 4.94. The molecule has 1 aromatic rings. The summed E-state index contributed by atoms with van der Waals surface area (Å²) in [5.74, 6) is 1.04. The quantitative estimate of drug-likeness (QED) is 0.738. The van der Waals surface area contributed by atoms with Gasteiger partial charge in [0.15, 0.2) is 0 Å². The molecule has 0 saturated carbocycles. The van der Waals surface area contributed by atoms with Crippen LogP contribution in [-0.2, 0) is 6.42 Å². The molecule has 3 nitrogen and oxygen atoms in total.